The van der Waals surface area contributed by atoms with Crippen LogP contribution in [0.5, 0.6) is 5.75 Å². The van der Waals surface area contributed by atoms with Crippen LogP contribution in [-0.2, 0) is 5.75 Å². The predicted molar refractivity (Wildman–Crippen MR) is 120 cm³/mol. The molecule has 4 rings (SSSR count). The lowest BCUT2D eigenvalue weighted by Crippen LogP contribution is -2.21. The third kappa shape index (κ3) is 4.13. The fourth-order valence-electron chi connectivity index (χ4n) is 2.95. The van der Waals surface area contributed by atoms with Crippen molar-refractivity contribution < 1.29 is 4.74 Å². The van der Waals surface area contributed by atoms with E-state index in [4.69, 9.17) is 32.9 Å². The quantitative estimate of drug-likeness (QED) is 0.281. The van der Waals surface area contributed by atoms with Crippen LogP contribution in [0.3, 0.4) is 0 Å². The number of aromatic nitrogens is 2. The zero-order valence-corrected chi connectivity index (χ0v) is 17.8. The van der Waals surface area contributed by atoms with Gasteiger partial charge in [0, 0.05) is 15.8 Å². The largest absolute Gasteiger partial charge is 0.497 e. The Bertz CT molecular complexity index is 1240. The number of hydrogen-bond acceptors (Lipinski definition) is 4. The van der Waals surface area contributed by atoms with E-state index in [1.165, 1.54) is 11.8 Å². The van der Waals surface area contributed by atoms with Gasteiger partial charge >= 0.3 is 0 Å². The second-order valence-electron chi connectivity index (χ2n) is 6.27. The van der Waals surface area contributed by atoms with Crippen LogP contribution < -0.4 is 10.3 Å². The maximum Gasteiger partial charge on any atom is 0.266 e. The van der Waals surface area contributed by atoms with Crippen LogP contribution in [0.2, 0.25) is 10.0 Å². The Morgan fingerprint density at radius 2 is 1.79 bits per heavy atom. The molecule has 0 aliphatic heterocycles. The minimum Gasteiger partial charge on any atom is -0.497 e. The van der Waals surface area contributed by atoms with E-state index in [1.807, 2.05) is 48.5 Å². The second kappa shape index (κ2) is 8.49. The van der Waals surface area contributed by atoms with Crippen LogP contribution in [-0.4, -0.2) is 16.7 Å². The maximum absolute atomic E-state index is 13.3. The molecule has 0 spiro atoms. The molecular weight excluding hydrogens is 427 g/mol. The molecule has 4 aromatic rings. The number of hydrogen-bond donors (Lipinski definition) is 0. The lowest BCUT2D eigenvalue weighted by molar-refractivity contribution is 0.414. The minimum absolute atomic E-state index is 0.120. The van der Waals surface area contributed by atoms with Crippen molar-refractivity contribution in [3.05, 3.63) is 92.7 Å². The number of halogens is 2. The van der Waals surface area contributed by atoms with Gasteiger partial charge in [-0.25, -0.2) is 4.98 Å². The smallest absolute Gasteiger partial charge is 0.266 e. The van der Waals surface area contributed by atoms with Crippen LogP contribution in [0, 0.1) is 0 Å². The number of thioether (sulfide) groups is 1. The highest BCUT2D eigenvalue weighted by Gasteiger charge is 2.14. The van der Waals surface area contributed by atoms with E-state index in [0.717, 1.165) is 17.0 Å². The zero-order chi connectivity index (χ0) is 20.4. The predicted octanol–water partition coefficient (Wildman–Crippen LogP) is 5.99. The van der Waals surface area contributed by atoms with Crippen LogP contribution in [0.15, 0.2) is 76.7 Å². The molecule has 0 fully saturated rings. The molecule has 0 radical (unpaired) electrons. The molecule has 0 aliphatic rings. The van der Waals surface area contributed by atoms with E-state index < -0.39 is 0 Å². The van der Waals surface area contributed by atoms with E-state index in [-0.39, 0.29) is 5.56 Å². The van der Waals surface area contributed by atoms with Gasteiger partial charge in [-0.2, -0.15) is 0 Å². The van der Waals surface area contributed by atoms with Crippen molar-refractivity contribution in [3.8, 4) is 11.4 Å². The monoisotopic (exact) mass is 442 g/mol. The summed E-state index contributed by atoms with van der Waals surface area (Å²) in [6, 6.07) is 20.1. The molecule has 0 amide bonds. The number of ether oxygens (including phenoxy) is 1. The van der Waals surface area contributed by atoms with Gasteiger partial charge in [-0.15, -0.1) is 0 Å². The van der Waals surface area contributed by atoms with E-state index in [1.54, 1.807) is 29.9 Å². The summed E-state index contributed by atoms with van der Waals surface area (Å²) < 4.78 is 6.85. The summed E-state index contributed by atoms with van der Waals surface area (Å²) >= 11 is 13.7. The van der Waals surface area contributed by atoms with Gasteiger partial charge in [-0.1, -0.05) is 53.2 Å². The summed E-state index contributed by atoms with van der Waals surface area (Å²) in [5.74, 6) is 1.27. The molecule has 3 aromatic carbocycles. The molecule has 0 bridgehead atoms. The SMILES string of the molecule is COc1ccc(-n2c(SCc3ccc(Cl)cc3Cl)nc3ccccc3c2=O)cc1. The summed E-state index contributed by atoms with van der Waals surface area (Å²) in [6.45, 7) is 0. The van der Waals surface area contributed by atoms with E-state index in [2.05, 4.69) is 0 Å². The molecule has 29 heavy (non-hydrogen) atoms. The molecule has 1 heterocycles. The lowest BCUT2D eigenvalue weighted by atomic mass is 10.2. The fourth-order valence-corrected chi connectivity index (χ4v) is 4.52. The van der Waals surface area contributed by atoms with Gasteiger partial charge in [-0.05, 0) is 54.1 Å². The molecule has 4 nitrogen and oxygen atoms in total. The fraction of sp³-hybridized carbons (Fsp3) is 0.0909. The number of nitrogens with zero attached hydrogens (tertiary/aromatic N) is 2. The highest BCUT2D eigenvalue weighted by atomic mass is 35.5. The summed E-state index contributed by atoms with van der Waals surface area (Å²) in [7, 11) is 1.61. The third-order valence-corrected chi connectivity index (χ3v) is 6.02. The molecule has 0 N–H and O–H groups in total. The van der Waals surface area contributed by atoms with Crippen LogP contribution in [0.1, 0.15) is 5.56 Å². The van der Waals surface area contributed by atoms with Gasteiger partial charge < -0.3 is 4.74 Å². The van der Waals surface area contributed by atoms with Crippen molar-refractivity contribution >= 4 is 45.9 Å². The van der Waals surface area contributed by atoms with Gasteiger partial charge in [-0.3, -0.25) is 9.36 Å². The Balaban J connectivity index is 1.81. The Labute approximate surface area is 182 Å². The van der Waals surface area contributed by atoms with Gasteiger partial charge in [0.2, 0.25) is 0 Å². The Morgan fingerprint density at radius 1 is 1.03 bits per heavy atom. The van der Waals surface area contributed by atoms with Crippen molar-refractivity contribution in [1.29, 1.82) is 0 Å². The molecule has 146 valence electrons. The van der Waals surface area contributed by atoms with Crippen molar-refractivity contribution in [3.63, 3.8) is 0 Å². The van der Waals surface area contributed by atoms with Crippen molar-refractivity contribution in [2.24, 2.45) is 0 Å². The standard InChI is InChI=1S/C22H16Cl2N2O2S/c1-28-17-10-8-16(9-11-17)26-21(27)18-4-2-3-5-20(18)25-22(26)29-13-14-6-7-15(23)12-19(14)24/h2-12H,13H2,1H3. The molecule has 0 unspecified atom stereocenters. The molecule has 0 saturated carbocycles. The average molecular weight is 443 g/mol. The maximum atomic E-state index is 13.3. The first-order valence-electron chi connectivity index (χ1n) is 8.80. The highest BCUT2D eigenvalue weighted by Crippen LogP contribution is 2.29. The first-order valence-corrected chi connectivity index (χ1v) is 10.5. The number of methoxy groups -OCH3 is 1. The number of para-hydroxylation sites is 1. The van der Waals surface area contributed by atoms with Crippen LogP contribution in [0.4, 0.5) is 0 Å². The van der Waals surface area contributed by atoms with Crippen molar-refractivity contribution in [2.75, 3.05) is 7.11 Å². The first-order chi connectivity index (χ1) is 14.1. The average Bonchev–Trinajstić information content (AvgIpc) is 2.73. The van der Waals surface area contributed by atoms with E-state index >= 15 is 0 Å². The minimum atomic E-state index is -0.120. The first kappa shape index (κ1) is 19.8. The van der Waals surface area contributed by atoms with Crippen LogP contribution in [0.25, 0.3) is 16.6 Å². The number of rotatable bonds is 5. The Kier molecular flexibility index (Phi) is 5.81. The van der Waals surface area contributed by atoms with E-state index in [9.17, 15) is 4.79 Å². The molecule has 1 aromatic heterocycles. The van der Waals surface area contributed by atoms with Crippen molar-refractivity contribution in [2.45, 2.75) is 10.9 Å². The molecular formula is C22H16Cl2N2O2S. The topological polar surface area (TPSA) is 44.1 Å². The second-order valence-corrected chi connectivity index (χ2v) is 8.06. The third-order valence-electron chi connectivity index (χ3n) is 4.45. The summed E-state index contributed by atoms with van der Waals surface area (Å²) in [6.07, 6.45) is 0. The summed E-state index contributed by atoms with van der Waals surface area (Å²) in [5, 5.41) is 2.33. The Morgan fingerprint density at radius 3 is 2.52 bits per heavy atom. The number of benzene rings is 3. The normalized spacial score (nSPS) is 11.0. The molecule has 0 aliphatic carbocycles. The van der Waals surface area contributed by atoms with Crippen LogP contribution >= 0.6 is 35.0 Å². The van der Waals surface area contributed by atoms with Gasteiger partial charge in [0.1, 0.15) is 5.75 Å². The van der Waals surface area contributed by atoms with Crippen molar-refractivity contribution in [1.82, 2.24) is 9.55 Å². The molecule has 0 atom stereocenters. The number of fused-ring (bicyclic) bond motifs is 1. The molecule has 7 heteroatoms. The van der Waals surface area contributed by atoms with Gasteiger partial charge in [0.05, 0.1) is 23.7 Å². The van der Waals surface area contributed by atoms with Gasteiger partial charge in [0.15, 0.2) is 5.16 Å². The lowest BCUT2D eigenvalue weighted by Gasteiger charge is -2.14. The summed E-state index contributed by atoms with van der Waals surface area (Å²) in [5.41, 5.74) is 2.18. The Hall–Kier alpha value is -2.47. The zero-order valence-electron chi connectivity index (χ0n) is 15.4. The van der Waals surface area contributed by atoms with E-state index in [0.29, 0.717) is 31.9 Å². The summed E-state index contributed by atoms with van der Waals surface area (Å²) in [4.78, 5) is 18.0. The van der Waals surface area contributed by atoms with Gasteiger partial charge in [0.25, 0.3) is 5.56 Å². The highest BCUT2D eigenvalue weighted by molar-refractivity contribution is 7.98. The molecule has 0 saturated heterocycles.